The number of carbonyl (C=O) groups excluding carboxylic acids is 1. The number of ether oxygens (including phenoxy) is 1. The lowest BCUT2D eigenvalue weighted by atomic mass is 10.2. The molecule has 0 unspecified atom stereocenters. The third-order valence-electron chi connectivity index (χ3n) is 2.69. The largest absolute Gasteiger partial charge is 0.495 e. The van der Waals surface area contributed by atoms with E-state index in [1.165, 1.54) is 7.11 Å². The molecule has 0 atom stereocenters. The van der Waals surface area contributed by atoms with E-state index in [-0.39, 0.29) is 4.32 Å². The maximum Gasteiger partial charge on any atom is 0.323 e. The first-order chi connectivity index (χ1) is 10.3. The van der Waals surface area contributed by atoms with Gasteiger partial charge in [0.05, 0.1) is 16.5 Å². The first kappa shape index (κ1) is 17.5. The van der Waals surface area contributed by atoms with Gasteiger partial charge in [-0.25, -0.2) is 0 Å². The Bertz CT molecular complexity index is 706. The number of carbonyl (C=O) groups is 2. The zero-order chi connectivity index (χ0) is 16.4. The van der Waals surface area contributed by atoms with Crippen molar-refractivity contribution in [2.75, 3.05) is 13.7 Å². The first-order valence-electron chi connectivity index (χ1n) is 5.83. The number of benzene rings is 1. The average molecular weight is 467 g/mol. The van der Waals surface area contributed by atoms with Gasteiger partial charge in [-0.2, -0.15) is 0 Å². The fourth-order valence-corrected chi connectivity index (χ4v) is 4.48. The molecule has 9 heteroatoms. The van der Waals surface area contributed by atoms with Crippen molar-refractivity contribution in [3.8, 4) is 5.75 Å². The fourth-order valence-electron chi connectivity index (χ4n) is 1.82. The van der Waals surface area contributed by atoms with Crippen LogP contribution in [0.4, 0.5) is 0 Å². The Morgan fingerprint density at radius 1 is 1.50 bits per heavy atom. The minimum atomic E-state index is -1.11. The summed E-state index contributed by atoms with van der Waals surface area (Å²) >= 11 is 12.9. The highest BCUT2D eigenvalue weighted by atomic mass is 79.9. The van der Waals surface area contributed by atoms with Crippen molar-refractivity contribution >= 4 is 78.1 Å². The molecule has 1 aliphatic heterocycles. The van der Waals surface area contributed by atoms with Crippen LogP contribution < -0.4 is 4.74 Å². The van der Waals surface area contributed by atoms with Crippen LogP contribution in [-0.4, -0.2) is 39.9 Å². The Hall–Kier alpha value is -0.900. The molecule has 0 saturated carbocycles. The van der Waals surface area contributed by atoms with E-state index in [9.17, 15) is 9.59 Å². The molecular formula is C13H9Br2NO4S2. The molecule has 22 heavy (non-hydrogen) atoms. The second-order valence-corrected chi connectivity index (χ2v) is 7.62. The van der Waals surface area contributed by atoms with E-state index in [0.29, 0.717) is 16.2 Å². The number of hydrogen-bond acceptors (Lipinski definition) is 5. The molecule has 0 radical (unpaired) electrons. The number of thiocarbonyl (C=S) groups is 1. The fraction of sp³-hybridized carbons (Fsp3) is 0.154. The Morgan fingerprint density at radius 3 is 2.77 bits per heavy atom. The van der Waals surface area contributed by atoms with Crippen LogP contribution in [0.5, 0.6) is 5.75 Å². The van der Waals surface area contributed by atoms with Gasteiger partial charge in [-0.1, -0.05) is 39.9 Å². The van der Waals surface area contributed by atoms with Crippen LogP contribution in [-0.2, 0) is 9.59 Å². The van der Waals surface area contributed by atoms with Gasteiger partial charge in [-0.05, 0) is 34.1 Å². The molecular weight excluding hydrogens is 458 g/mol. The summed E-state index contributed by atoms with van der Waals surface area (Å²) in [7, 11) is 1.53. The van der Waals surface area contributed by atoms with Crippen LogP contribution in [0.25, 0.3) is 6.08 Å². The number of nitrogens with zero attached hydrogens (tertiary/aromatic N) is 1. The lowest BCUT2D eigenvalue weighted by molar-refractivity contribution is -0.140. The van der Waals surface area contributed by atoms with Gasteiger partial charge >= 0.3 is 5.97 Å². The predicted molar refractivity (Wildman–Crippen MR) is 95.9 cm³/mol. The van der Waals surface area contributed by atoms with E-state index in [1.54, 1.807) is 12.1 Å². The van der Waals surface area contributed by atoms with Crippen molar-refractivity contribution in [3.05, 3.63) is 31.5 Å². The molecule has 1 saturated heterocycles. The van der Waals surface area contributed by atoms with Crippen molar-refractivity contribution in [1.29, 1.82) is 0 Å². The van der Waals surface area contributed by atoms with Crippen molar-refractivity contribution < 1.29 is 19.4 Å². The number of thioether (sulfide) groups is 1. The number of aliphatic carboxylic acids is 1. The minimum absolute atomic E-state index is 0.228. The number of methoxy groups -OCH3 is 1. The van der Waals surface area contributed by atoms with E-state index in [4.69, 9.17) is 22.1 Å². The summed E-state index contributed by atoms with van der Waals surface area (Å²) in [4.78, 5) is 24.5. The van der Waals surface area contributed by atoms with Crippen LogP contribution >= 0.6 is 55.8 Å². The minimum Gasteiger partial charge on any atom is -0.495 e. The van der Waals surface area contributed by atoms with E-state index >= 15 is 0 Å². The molecule has 0 aliphatic carbocycles. The number of carboxylic acid groups (broad SMARTS) is 1. The van der Waals surface area contributed by atoms with Gasteiger partial charge < -0.3 is 9.84 Å². The highest BCUT2D eigenvalue weighted by molar-refractivity contribution is 9.11. The van der Waals surface area contributed by atoms with Crippen molar-refractivity contribution in [3.63, 3.8) is 0 Å². The molecule has 1 aromatic carbocycles. The number of carboxylic acids is 1. The van der Waals surface area contributed by atoms with Crippen LogP contribution in [0.1, 0.15) is 5.56 Å². The topological polar surface area (TPSA) is 66.8 Å². The Balaban J connectivity index is 2.41. The zero-order valence-electron chi connectivity index (χ0n) is 11.1. The quantitative estimate of drug-likeness (QED) is 0.541. The second-order valence-electron chi connectivity index (χ2n) is 4.17. The molecule has 0 bridgehead atoms. The SMILES string of the molecule is COc1c(Br)cc(Br)cc1/C=C1/SC(=S)N(CC(=O)O)C1=O. The smallest absolute Gasteiger partial charge is 0.323 e. The molecule has 0 spiro atoms. The summed E-state index contributed by atoms with van der Waals surface area (Å²) in [5, 5.41) is 8.83. The maximum absolute atomic E-state index is 12.2. The summed E-state index contributed by atoms with van der Waals surface area (Å²) in [6, 6.07) is 3.62. The van der Waals surface area contributed by atoms with Gasteiger partial charge in [0.25, 0.3) is 5.91 Å². The maximum atomic E-state index is 12.2. The van der Waals surface area contributed by atoms with Gasteiger partial charge in [0, 0.05) is 10.0 Å². The summed E-state index contributed by atoms with van der Waals surface area (Å²) < 4.78 is 7.10. The summed E-state index contributed by atoms with van der Waals surface area (Å²) in [5.41, 5.74) is 0.680. The normalized spacial score (nSPS) is 16.5. The number of rotatable bonds is 4. The molecule has 116 valence electrons. The predicted octanol–water partition coefficient (Wildman–Crippen LogP) is 3.51. The van der Waals surface area contributed by atoms with Crippen molar-refractivity contribution in [2.24, 2.45) is 0 Å². The summed E-state index contributed by atoms with van der Waals surface area (Å²) in [6.45, 7) is -0.443. The number of halogens is 2. The molecule has 2 rings (SSSR count). The first-order valence-corrected chi connectivity index (χ1v) is 8.64. The van der Waals surface area contributed by atoms with E-state index in [2.05, 4.69) is 31.9 Å². The Kier molecular flexibility index (Phi) is 5.65. The molecule has 1 amide bonds. The third kappa shape index (κ3) is 3.70. The second kappa shape index (κ2) is 7.12. The molecule has 1 aliphatic rings. The standard InChI is InChI=1S/C13H9Br2NO4S2/c1-20-11-6(2-7(14)4-8(11)15)3-9-12(19)16(5-10(17)18)13(21)22-9/h2-4H,5H2,1H3,(H,17,18)/b9-3+. The highest BCUT2D eigenvalue weighted by Gasteiger charge is 2.33. The van der Waals surface area contributed by atoms with Crippen LogP contribution in [0.3, 0.4) is 0 Å². The van der Waals surface area contributed by atoms with Gasteiger partial charge in [-0.15, -0.1) is 0 Å². The van der Waals surface area contributed by atoms with Gasteiger partial charge in [-0.3, -0.25) is 14.5 Å². The molecule has 1 fully saturated rings. The van der Waals surface area contributed by atoms with Crippen LogP contribution in [0, 0.1) is 0 Å². The summed E-state index contributed by atoms with van der Waals surface area (Å²) in [5.74, 6) is -0.956. The molecule has 1 heterocycles. The van der Waals surface area contributed by atoms with E-state index in [0.717, 1.165) is 25.6 Å². The highest BCUT2D eigenvalue weighted by Crippen LogP contribution is 2.38. The van der Waals surface area contributed by atoms with Crippen molar-refractivity contribution in [1.82, 2.24) is 4.90 Å². The van der Waals surface area contributed by atoms with Crippen molar-refractivity contribution in [2.45, 2.75) is 0 Å². The monoisotopic (exact) mass is 465 g/mol. The average Bonchev–Trinajstić information content (AvgIpc) is 2.65. The molecule has 1 N–H and O–H groups in total. The Morgan fingerprint density at radius 2 is 2.18 bits per heavy atom. The third-order valence-corrected chi connectivity index (χ3v) is 5.12. The summed E-state index contributed by atoms with van der Waals surface area (Å²) in [6.07, 6.45) is 1.63. The molecule has 1 aromatic rings. The Labute approximate surface area is 152 Å². The lowest BCUT2D eigenvalue weighted by Crippen LogP contribution is -2.33. The number of hydrogen-bond donors (Lipinski definition) is 1. The van der Waals surface area contributed by atoms with Crippen LogP contribution in [0.2, 0.25) is 0 Å². The molecule has 0 aromatic heterocycles. The van der Waals surface area contributed by atoms with E-state index in [1.807, 2.05) is 6.07 Å². The van der Waals surface area contributed by atoms with Crippen LogP contribution in [0.15, 0.2) is 26.0 Å². The lowest BCUT2D eigenvalue weighted by Gasteiger charge is -2.10. The van der Waals surface area contributed by atoms with Gasteiger partial charge in [0.15, 0.2) is 0 Å². The van der Waals surface area contributed by atoms with Gasteiger partial charge in [0.1, 0.15) is 16.6 Å². The zero-order valence-corrected chi connectivity index (χ0v) is 15.9. The van der Waals surface area contributed by atoms with E-state index < -0.39 is 18.4 Å². The van der Waals surface area contributed by atoms with Gasteiger partial charge in [0.2, 0.25) is 0 Å². The number of amides is 1. The molecule has 5 nitrogen and oxygen atoms in total.